The van der Waals surface area contributed by atoms with Gasteiger partial charge in [-0.3, -0.25) is 0 Å². The number of rotatable bonds is 3. The van der Waals surface area contributed by atoms with Crippen LogP contribution in [0.1, 0.15) is 37.8 Å². The average molecular weight is 256 g/mol. The summed E-state index contributed by atoms with van der Waals surface area (Å²) < 4.78 is 0. The minimum atomic E-state index is 0.559. The molecule has 4 heteroatoms. The normalized spacial score (nSPS) is 39.2. The van der Waals surface area contributed by atoms with Crippen LogP contribution in [0.3, 0.4) is 0 Å². The molecular weight excluding hydrogens is 236 g/mol. The highest BCUT2D eigenvalue weighted by Gasteiger charge is 2.47. The lowest BCUT2D eigenvalue weighted by Gasteiger charge is -2.54. The quantitative estimate of drug-likeness (QED) is 0.874. The summed E-state index contributed by atoms with van der Waals surface area (Å²) in [6.45, 7) is 0.994. The van der Waals surface area contributed by atoms with Crippen LogP contribution in [0, 0.1) is 40.9 Å². The molecule has 4 nitrogen and oxygen atoms in total. The predicted molar refractivity (Wildman–Crippen MR) is 72.3 cm³/mol. The molecular formula is C15H20N4. The molecule has 1 heterocycles. The van der Waals surface area contributed by atoms with Crippen molar-refractivity contribution >= 4 is 5.82 Å². The molecule has 5 rings (SSSR count). The molecule has 0 atom stereocenters. The zero-order valence-electron chi connectivity index (χ0n) is 11.1. The van der Waals surface area contributed by atoms with Crippen LogP contribution in [0.15, 0.2) is 6.33 Å². The van der Waals surface area contributed by atoms with E-state index in [1.54, 1.807) is 6.33 Å². The van der Waals surface area contributed by atoms with Crippen LogP contribution in [0.25, 0.3) is 0 Å². The molecule has 4 saturated carbocycles. The first kappa shape index (κ1) is 11.3. The fourth-order valence-corrected chi connectivity index (χ4v) is 5.10. The summed E-state index contributed by atoms with van der Waals surface area (Å²) >= 11 is 0. The Morgan fingerprint density at radius 2 is 1.89 bits per heavy atom. The molecule has 0 aliphatic heterocycles. The van der Waals surface area contributed by atoms with Gasteiger partial charge in [0.2, 0.25) is 0 Å². The zero-order valence-corrected chi connectivity index (χ0v) is 11.1. The molecule has 4 aliphatic carbocycles. The van der Waals surface area contributed by atoms with E-state index in [1.165, 1.54) is 32.1 Å². The van der Waals surface area contributed by atoms with Crippen LogP contribution in [-0.4, -0.2) is 16.5 Å². The summed E-state index contributed by atoms with van der Waals surface area (Å²) in [4.78, 5) is 7.07. The number of H-pyrrole nitrogens is 1. The number of hydrogen-bond acceptors (Lipinski definition) is 3. The van der Waals surface area contributed by atoms with Gasteiger partial charge in [0, 0.05) is 6.54 Å². The Balaban J connectivity index is 1.45. The largest absolute Gasteiger partial charge is 0.367 e. The van der Waals surface area contributed by atoms with Crippen LogP contribution in [-0.2, 0) is 0 Å². The lowest BCUT2D eigenvalue weighted by atomic mass is 9.52. The zero-order chi connectivity index (χ0) is 12.8. The van der Waals surface area contributed by atoms with Gasteiger partial charge in [-0.2, -0.15) is 5.26 Å². The number of imidazole rings is 1. The number of anilines is 1. The molecule has 2 N–H and O–H groups in total. The highest BCUT2D eigenvalue weighted by atomic mass is 15.1. The van der Waals surface area contributed by atoms with Crippen molar-refractivity contribution in [2.75, 3.05) is 11.9 Å². The fourth-order valence-electron chi connectivity index (χ4n) is 5.10. The Hall–Kier alpha value is -1.50. The van der Waals surface area contributed by atoms with Gasteiger partial charge in [0.05, 0.1) is 6.33 Å². The Bertz CT molecular complexity index is 484. The van der Waals surface area contributed by atoms with E-state index >= 15 is 0 Å². The summed E-state index contributed by atoms with van der Waals surface area (Å²) in [5, 5.41) is 12.4. The minimum Gasteiger partial charge on any atom is -0.367 e. The summed E-state index contributed by atoms with van der Waals surface area (Å²) in [5.74, 6) is 5.44. The number of aromatic amines is 1. The standard InChI is InChI=1S/C15H20N4/c16-6-14-15(19-8-18-14)17-7-13-11-2-9-1-10(4-11)5-12(13)3-9/h8-13,17H,1-5,7H2,(H,18,19). The van der Waals surface area contributed by atoms with E-state index in [-0.39, 0.29) is 0 Å². The van der Waals surface area contributed by atoms with Gasteiger partial charge in [-0.15, -0.1) is 0 Å². The molecule has 0 saturated heterocycles. The average Bonchev–Trinajstić information content (AvgIpc) is 2.84. The van der Waals surface area contributed by atoms with Crippen LogP contribution in [0.2, 0.25) is 0 Å². The van der Waals surface area contributed by atoms with Crippen molar-refractivity contribution in [2.24, 2.45) is 29.6 Å². The molecule has 4 aliphatic rings. The smallest absolute Gasteiger partial charge is 0.162 e. The Labute approximate surface area is 113 Å². The lowest BCUT2D eigenvalue weighted by Crippen LogP contribution is -2.47. The van der Waals surface area contributed by atoms with Crippen molar-refractivity contribution in [3.05, 3.63) is 12.0 Å². The first-order chi connectivity index (χ1) is 9.33. The summed E-state index contributed by atoms with van der Waals surface area (Å²) in [6, 6.07) is 2.15. The monoisotopic (exact) mass is 256 g/mol. The van der Waals surface area contributed by atoms with E-state index in [4.69, 9.17) is 5.26 Å². The van der Waals surface area contributed by atoms with E-state index in [0.29, 0.717) is 5.69 Å². The summed E-state index contributed by atoms with van der Waals surface area (Å²) in [5.41, 5.74) is 0.559. The van der Waals surface area contributed by atoms with E-state index < -0.39 is 0 Å². The second-order valence-corrected chi connectivity index (χ2v) is 6.71. The van der Waals surface area contributed by atoms with Gasteiger partial charge in [0.1, 0.15) is 6.07 Å². The molecule has 0 spiro atoms. The highest BCUT2D eigenvalue weighted by molar-refractivity contribution is 5.47. The fraction of sp³-hybridized carbons (Fsp3) is 0.733. The molecule has 1 aromatic heterocycles. The highest BCUT2D eigenvalue weighted by Crippen LogP contribution is 2.56. The third-order valence-electron chi connectivity index (χ3n) is 5.68. The van der Waals surface area contributed by atoms with Crippen molar-refractivity contribution in [3.8, 4) is 6.07 Å². The third-order valence-corrected chi connectivity index (χ3v) is 5.68. The predicted octanol–water partition coefficient (Wildman–Crippen LogP) is 2.77. The maximum atomic E-state index is 8.98. The lowest BCUT2D eigenvalue weighted by molar-refractivity contribution is -0.0305. The second kappa shape index (κ2) is 4.26. The van der Waals surface area contributed by atoms with Gasteiger partial charge in [0.25, 0.3) is 0 Å². The molecule has 4 bridgehead atoms. The summed E-state index contributed by atoms with van der Waals surface area (Å²) in [6.07, 6.45) is 8.90. The molecule has 19 heavy (non-hydrogen) atoms. The number of hydrogen-bond donors (Lipinski definition) is 2. The number of nitrogens with zero attached hydrogens (tertiary/aromatic N) is 2. The van der Waals surface area contributed by atoms with E-state index in [0.717, 1.165) is 42.0 Å². The molecule has 100 valence electrons. The van der Waals surface area contributed by atoms with E-state index in [1.807, 2.05) is 0 Å². The van der Waals surface area contributed by atoms with Crippen LogP contribution in [0.4, 0.5) is 5.82 Å². The van der Waals surface area contributed by atoms with Crippen molar-refractivity contribution in [1.29, 1.82) is 5.26 Å². The number of nitrogens with one attached hydrogen (secondary N) is 2. The maximum absolute atomic E-state index is 8.98. The Morgan fingerprint density at radius 3 is 2.53 bits per heavy atom. The van der Waals surface area contributed by atoms with Crippen LogP contribution < -0.4 is 5.32 Å². The molecule has 1 aromatic rings. The topological polar surface area (TPSA) is 64.5 Å². The first-order valence-corrected chi connectivity index (χ1v) is 7.51. The maximum Gasteiger partial charge on any atom is 0.162 e. The molecule has 0 radical (unpaired) electrons. The number of nitriles is 1. The number of aromatic nitrogens is 2. The van der Waals surface area contributed by atoms with E-state index in [9.17, 15) is 0 Å². The molecule has 0 aromatic carbocycles. The minimum absolute atomic E-state index is 0.559. The molecule has 0 unspecified atom stereocenters. The molecule has 0 amide bonds. The third kappa shape index (κ3) is 1.83. The van der Waals surface area contributed by atoms with Gasteiger partial charge in [0.15, 0.2) is 11.5 Å². The van der Waals surface area contributed by atoms with E-state index in [2.05, 4.69) is 21.4 Å². The Morgan fingerprint density at radius 1 is 1.21 bits per heavy atom. The summed E-state index contributed by atoms with van der Waals surface area (Å²) in [7, 11) is 0. The first-order valence-electron chi connectivity index (χ1n) is 7.51. The second-order valence-electron chi connectivity index (χ2n) is 6.71. The van der Waals surface area contributed by atoms with Crippen molar-refractivity contribution in [2.45, 2.75) is 32.1 Å². The van der Waals surface area contributed by atoms with Gasteiger partial charge < -0.3 is 10.3 Å². The van der Waals surface area contributed by atoms with Gasteiger partial charge in [-0.1, -0.05) is 0 Å². The van der Waals surface area contributed by atoms with Crippen molar-refractivity contribution < 1.29 is 0 Å². The van der Waals surface area contributed by atoms with Gasteiger partial charge in [-0.25, -0.2) is 4.98 Å². The SMILES string of the molecule is N#Cc1[nH]cnc1NCC1C2CC3CC(C2)CC1C3. The van der Waals surface area contributed by atoms with Crippen molar-refractivity contribution in [3.63, 3.8) is 0 Å². The van der Waals surface area contributed by atoms with Crippen molar-refractivity contribution in [1.82, 2.24) is 9.97 Å². The van der Waals surface area contributed by atoms with Crippen LogP contribution >= 0.6 is 0 Å². The van der Waals surface area contributed by atoms with Crippen LogP contribution in [0.5, 0.6) is 0 Å². The van der Waals surface area contributed by atoms with Gasteiger partial charge >= 0.3 is 0 Å². The van der Waals surface area contributed by atoms with Gasteiger partial charge in [-0.05, 0) is 61.7 Å². The molecule has 4 fully saturated rings. The Kier molecular flexibility index (Phi) is 2.54.